The summed E-state index contributed by atoms with van der Waals surface area (Å²) in [6.45, 7) is 0. The topological polar surface area (TPSA) is 35.0 Å². The smallest absolute Gasteiger partial charge is 0.344 e. The molecular weight excluding hydrogens is 888 g/mol. The van der Waals surface area contributed by atoms with E-state index in [0.717, 1.165) is 0 Å². The van der Waals surface area contributed by atoms with Gasteiger partial charge in [0, 0.05) is 0 Å². The zero-order valence-electron chi connectivity index (χ0n) is 22.0. The van der Waals surface area contributed by atoms with Crippen LogP contribution in [0.25, 0.3) is 0 Å². The lowest BCUT2D eigenvalue weighted by Crippen LogP contribution is -2.79. The maximum absolute atomic E-state index is 13.7. The van der Waals surface area contributed by atoms with E-state index in [0.29, 0.717) is 0 Å². The van der Waals surface area contributed by atoms with Crippen LogP contribution in [0.1, 0.15) is 0 Å². The van der Waals surface area contributed by atoms with E-state index in [1.165, 1.54) is 0 Å². The predicted molar refractivity (Wildman–Crippen MR) is 93.6 cm³/mol. The molecule has 0 aliphatic rings. The summed E-state index contributed by atoms with van der Waals surface area (Å²) in [4.78, 5) is 0. The molecule has 318 valence electrons. The fourth-order valence-electron chi connectivity index (χ4n) is 2.72. The minimum absolute atomic E-state index is 0. The van der Waals surface area contributed by atoms with Crippen molar-refractivity contribution in [2.75, 3.05) is 0 Å². The van der Waals surface area contributed by atoms with Crippen molar-refractivity contribution >= 4 is 12.4 Å². The van der Waals surface area contributed by atoms with Crippen LogP contribution >= 0.6 is 12.4 Å². The SMILES string of the molecule is Cl.FC(F)(F)C(F)(F)C(F)(F)C(F)(F)C(F)(F)C(F)(F)C(F)(F)C(F)(F)C(F)(F)C(F)(F)C(F)(F)C(F)(F)C(F)(F)C(F)(F)C(F)(F)C(F)(F)F.N. The lowest BCUT2D eigenvalue weighted by atomic mass is 9.83. The molecule has 52 heavy (non-hydrogen) atoms. The van der Waals surface area contributed by atoms with Crippen molar-refractivity contribution in [3.63, 3.8) is 0 Å². The van der Waals surface area contributed by atoms with Crippen LogP contribution in [0.2, 0.25) is 0 Å². The number of alkyl halides is 34. The molecule has 0 radical (unpaired) electrons. The summed E-state index contributed by atoms with van der Waals surface area (Å²) < 4.78 is 446. The zero-order valence-corrected chi connectivity index (χ0v) is 22.8. The summed E-state index contributed by atoms with van der Waals surface area (Å²) >= 11 is 0. The average molecular weight is 892 g/mol. The monoisotopic (exact) mass is 891 g/mol. The molecule has 0 saturated carbocycles. The Morgan fingerprint density at radius 1 is 0.135 bits per heavy atom. The lowest BCUT2D eigenvalue weighted by molar-refractivity contribution is -0.492. The summed E-state index contributed by atoms with van der Waals surface area (Å²) in [5.41, 5.74) is 0. The molecule has 0 atom stereocenters. The van der Waals surface area contributed by atoms with Crippen molar-refractivity contribution in [3.8, 4) is 0 Å². The second-order valence-electron chi connectivity index (χ2n) is 9.04. The van der Waals surface area contributed by atoms with Gasteiger partial charge in [-0.3, -0.25) is 0 Å². The van der Waals surface area contributed by atoms with Gasteiger partial charge in [0.15, 0.2) is 0 Å². The van der Waals surface area contributed by atoms with E-state index in [1.54, 1.807) is 0 Å². The van der Waals surface area contributed by atoms with Crippen molar-refractivity contribution in [2.45, 2.75) is 95.3 Å². The Kier molecular flexibility index (Phi) is 13.3. The van der Waals surface area contributed by atoms with Gasteiger partial charge >= 0.3 is 95.3 Å². The Morgan fingerprint density at radius 2 is 0.192 bits per heavy atom. The first-order valence-corrected chi connectivity index (χ1v) is 10.2. The lowest BCUT2D eigenvalue weighted by Gasteiger charge is -2.46. The first kappa shape index (κ1) is 54.2. The zero-order chi connectivity index (χ0) is 42.0. The second-order valence-corrected chi connectivity index (χ2v) is 9.04. The fraction of sp³-hybridized carbons (Fsp3) is 1.00. The molecule has 3 N–H and O–H groups in total. The first-order chi connectivity index (χ1) is 20.8. The highest BCUT2D eigenvalue weighted by Gasteiger charge is 3.02. The Morgan fingerprint density at radius 3 is 0.250 bits per heavy atom. The molecule has 0 saturated heterocycles. The van der Waals surface area contributed by atoms with Crippen LogP contribution in [0.3, 0.4) is 0 Å². The summed E-state index contributed by atoms with van der Waals surface area (Å²) in [5, 5.41) is 0. The standard InChI is InChI=1S/C16F34.ClH.H3N/c17-1(18,3(21,22)5(25,26)7(29,30)9(33,34)11(37,38)13(41,42)15(45,46)47)2(19,20)4(23,24)6(27,28)8(31,32)10(35,36)12(39,40)14(43,44)16(48,49)50;;/h;1H;1H3. The Labute approximate surface area is 264 Å². The van der Waals surface area contributed by atoms with Crippen LogP contribution in [0, 0.1) is 0 Å². The van der Waals surface area contributed by atoms with Crippen LogP contribution in [0.15, 0.2) is 0 Å². The van der Waals surface area contributed by atoms with Crippen LogP contribution in [-0.2, 0) is 0 Å². The summed E-state index contributed by atoms with van der Waals surface area (Å²) in [5.74, 6) is -137. The summed E-state index contributed by atoms with van der Waals surface area (Å²) in [7, 11) is 0. The highest BCUT2D eigenvalue weighted by molar-refractivity contribution is 5.85. The van der Waals surface area contributed by atoms with Crippen molar-refractivity contribution in [1.82, 2.24) is 6.15 Å². The number of rotatable bonds is 13. The molecule has 0 aromatic rings. The van der Waals surface area contributed by atoms with E-state index in [2.05, 4.69) is 0 Å². The van der Waals surface area contributed by atoms with Gasteiger partial charge in [0.1, 0.15) is 0 Å². The van der Waals surface area contributed by atoms with Gasteiger partial charge in [0.2, 0.25) is 0 Å². The third kappa shape index (κ3) is 5.96. The molecule has 0 bridgehead atoms. The minimum Gasteiger partial charge on any atom is -0.344 e. The third-order valence-corrected chi connectivity index (χ3v) is 5.84. The molecule has 0 fully saturated rings. The Bertz CT molecular complexity index is 1150. The summed E-state index contributed by atoms with van der Waals surface area (Å²) in [6.07, 6.45) is -16.8. The molecular formula is C16H4ClF34N. The van der Waals surface area contributed by atoms with E-state index in [-0.39, 0.29) is 18.6 Å². The van der Waals surface area contributed by atoms with E-state index < -0.39 is 95.3 Å². The highest BCUT2D eigenvalue weighted by Crippen LogP contribution is 2.69. The predicted octanol–water partition coefficient (Wildman–Crippen LogP) is 11.6. The molecule has 0 spiro atoms. The fourth-order valence-corrected chi connectivity index (χ4v) is 2.72. The van der Waals surface area contributed by atoms with Gasteiger partial charge in [-0.1, -0.05) is 0 Å². The molecule has 0 aliphatic carbocycles. The summed E-state index contributed by atoms with van der Waals surface area (Å²) in [6, 6.07) is 0. The largest absolute Gasteiger partial charge is 0.460 e. The number of hydrogen-bond donors (Lipinski definition) is 1. The first-order valence-electron chi connectivity index (χ1n) is 10.2. The van der Waals surface area contributed by atoms with Gasteiger partial charge in [-0.05, 0) is 0 Å². The van der Waals surface area contributed by atoms with E-state index in [4.69, 9.17) is 0 Å². The van der Waals surface area contributed by atoms with Crippen molar-refractivity contribution in [2.24, 2.45) is 0 Å². The van der Waals surface area contributed by atoms with E-state index >= 15 is 0 Å². The minimum atomic E-state index is -10.2. The van der Waals surface area contributed by atoms with Gasteiger partial charge < -0.3 is 6.15 Å². The van der Waals surface area contributed by atoms with Gasteiger partial charge in [-0.25, -0.2) is 0 Å². The van der Waals surface area contributed by atoms with Crippen molar-refractivity contribution in [1.29, 1.82) is 0 Å². The number of halogens is 35. The van der Waals surface area contributed by atoms with Crippen LogP contribution in [0.5, 0.6) is 0 Å². The van der Waals surface area contributed by atoms with Crippen molar-refractivity contribution < 1.29 is 149 Å². The second kappa shape index (κ2) is 12.7. The van der Waals surface area contributed by atoms with Crippen LogP contribution in [-0.4, -0.2) is 95.3 Å². The molecule has 0 aliphatic heterocycles. The van der Waals surface area contributed by atoms with Gasteiger partial charge in [0.25, 0.3) is 0 Å². The molecule has 0 rings (SSSR count). The molecule has 1 nitrogen and oxygen atoms in total. The number of hydrogen-bond acceptors (Lipinski definition) is 1. The molecule has 0 unspecified atom stereocenters. The average Bonchev–Trinajstić information content (AvgIpc) is 2.85. The third-order valence-electron chi connectivity index (χ3n) is 5.84. The maximum Gasteiger partial charge on any atom is 0.460 e. The highest BCUT2D eigenvalue weighted by atomic mass is 35.5. The molecule has 0 heterocycles. The van der Waals surface area contributed by atoms with E-state index in [9.17, 15) is 149 Å². The molecule has 0 aromatic heterocycles. The van der Waals surface area contributed by atoms with Gasteiger partial charge in [0.05, 0.1) is 0 Å². The normalized spacial score (nSPS) is 16.7. The quantitative estimate of drug-likeness (QED) is 0.184. The van der Waals surface area contributed by atoms with Gasteiger partial charge in [-0.15, -0.1) is 12.4 Å². The Balaban J connectivity index is -0.0000120. The van der Waals surface area contributed by atoms with Gasteiger partial charge in [-0.2, -0.15) is 149 Å². The van der Waals surface area contributed by atoms with Crippen molar-refractivity contribution in [3.05, 3.63) is 0 Å². The van der Waals surface area contributed by atoms with Crippen LogP contribution in [0.4, 0.5) is 149 Å². The van der Waals surface area contributed by atoms with Crippen LogP contribution < -0.4 is 6.15 Å². The van der Waals surface area contributed by atoms with E-state index in [1.807, 2.05) is 0 Å². The molecule has 0 aromatic carbocycles. The maximum atomic E-state index is 13.7. The molecule has 0 amide bonds. The Hall–Kier alpha value is -2.13. The molecule has 36 heteroatoms.